The van der Waals surface area contributed by atoms with Crippen LogP contribution in [0.2, 0.25) is 0 Å². The number of imidazole rings is 2. The smallest absolute Gasteiger partial charge is 0.298 e. The van der Waals surface area contributed by atoms with Crippen molar-refractivity contribution in [3.8, 4) is 0 Å². The Labute approximate surface area is 321 Å². The zero-order valence-corrected chi connectivity index (χ0v) is 32.6. The van der Waals surface area contributed by atoms with Gasteiger partial charge in [0.25, 0.3) is 11.8 Å². The number of nitrogens with two attached hydrogens (primary N) is 2. The lowest BCUT2D eigenvalue weighted by Gasteiger charge is -2.20. The molecule has 6 N–H and O–H groups in total. The molecule has 2 aromatic carbocycles. The standard InChI is InChI=1S/C36H41BrN12O6/c1-7-48-26(11-18(3)42-48)33(54)40-35-44(5)24-14-20(31(38)52)9-10-23(24)46(35)16-28(50)29(51)17-47-30-22(37)13-21(32(39)53)15-25(30)45(6)36(47)41-34(55)27-12-19(4)43-49(27)8-2/h9-15,28-29,50-51H,7-8,16-17H2,1-6H3,(H2,38,52)(H2,39,53). The molecule has 0 radical (unpaired) electrons. The highest BCUT2D eigenvalue weighted by atomic mass is 79.9. The molecule has 19 heteroatoms. The van der Waals surface area contributed by atoms with Crippen LogP contribution in [0.1, 0.15) is 66.9 Å². The fourth-order valence-corrected chi connectivity index (χ4v) is 7.33. The molecule has 0 saturated heterocycles. The van der Waals surface area contributed by atoms with Gasteiger partial charge < -0.3 is 39.9 Å². The molecule has 0 saturated carbocycles. The number of carbonyl (C=O) groups excluding carboxylic acids is 4. The van der Waals surface area contributed by atoms with E-state index < -0.39 is 35.8 Å². The summed E-state index contributed by atoms with van der Waals surface area (Å²) < 4.78 is 9.80. The number of primary amides is 2. The minimum Gasteiger partial charge on any atom is -0.388 e. The number of aliphatic hydroxyl groups is 2. The number of benzene rings is 2. The maximum Gasteiger partial charge on any atom is 0.298 e. The molecule has 6 rings (SSSR count). The molecule has 55 heavy (non-hydrogen) atoms. The molecule has 0 bridgehead atoms. The van der Waals surface area contributed by atoms with Crippen LogP contribution < -0.4 is 22.7 Å². The van der Waals surface area contributed by atoms with Crippen molar-refractivity contribution in [3.05, 3.63) is 92.1 Å². The van der Waals surface area contributed by atoms with Crippen LogP contribution in [-0.2, 0) is 40.3 Å². The predicted molar refractivity (Wildman–Crippen MR) is 204 cm³/mol. The van der Waals surface area contributed by atoms with Gasteiger partial charge in [0.2, 0.25) is 23.1 Å². The van der Waals surface area contributed by atoms with E-state index in [2.05, 4.69) is 36.1 Å². The lowest BCUT2D eigenvalue weighted by molar-refractivity contribution is -0.000166. The van der Waals surface area contributed by atoms with Crippen LogP contribution in [0.5, 0.6) is 0 Å². The number of hydrogen-bond donors (Lipinski definition) is 4. The zero-order valence-electron chi connectivity index (χ0n) is 31.1. The summed E-state index contributed by atoms with van der Waals surface area (Å²) in [6.07, 6.45) is -2.98. The van der Waals surface area contributed by atoms with Gasteiger partial charge in [0.15, 0.2) is 0 Å². The van der Waals surface area contributed by atoms with E-state index in [1.807, 2.05) is 13.8 Å². The van der Waals surface area contributed by atoms with Crippen molar-refractivity contribution in [2.24, 2.45) is 35.5 Å². The van der Waals surface area contributed by atoms with Gasteiger partial charge in [0.1, 0.15) is 11.4 Å². The first-order valence-electron chi connectivity index (χ1n) is 17.3. The molecule has 6 aromatic rings. The Balaban J connectivity index is 1.46. The fourth-order valence-electron chi connectivity index (χ4n) is 6.66. The van der Waals surface area contributed by atoms with Crippen molar-refractivity contribution in [3.63, 3.8) is 0 Å². The van der Waals surface area contributed by atoms with Crippen LogP contribution in [0.15, 0.2) is 56.9 Å². The number of aromatic nitrogens is 8. The Hall–Kier alpha value is -5.92. The summed E-state index contributed by atoms with van der Waals surface area (Å²) in [5, 5.41) is 32.1. The Bertz CT molecular complexity index is 2690. The number of aliphatic hydroxyl groups excluding tert-OH is 2. The highest BCUT2D eigenvalue weighted by molar-refractivity contribution is 9.10. The van der Waals surface area contributed by atoms with E-state index in [9.17, 15) is 29.4 Å². The molecule has 4 heterocycles. The van der Waals surface area contributed by atoms with Crippen LogP contribution in [0.3, 0.4) is 0 Å². The third-order valence-corrected chi connectivity index (χ3v) is 9.99. The van der Waals surface area contributed by atoms with Gasteiger partial charge in [-0.05, 0) is 86.1 Å². The van der Waals surface area contributed by atoms with E-state index in [1.165, 1.54) is 21.5 Å². The molecule has 2 unspecified atom stereocenters. The molecule has 4 aromatic heterocycles. The number of carbonyl (C=O) groups is 4. The molecule has 2 atom stereocenters. The van der Waals surface area contributed by atoms with Crippen LogP contribution in [0.25, 0.3) is 22.1 Å². The SMILES string of the molecule is CCn1nc(C)cc1C(=O)N=c1n(C)c2cc(C(N)=O)ccc2n1CC(O)C(O)Cn1c(=NC(=O)c2cc(C)nn2CC)n(C)c2cc(C(N)=O)cc(Br)c21. The van der Waals surface area contributed by atoms with E-state index in [0.717, 1.165) is 0 Å². The largest absolute Gasteiger partial charge is 0.388 e. The van der Waals surface area contributed by atoms with Gasteiger partial charge in [-0.3, -0.25) is 28.5 Å². The van der Waals surface area contributed by atoms with E-state index in [-0.39, 0.29) is 46.8 Å². The first kappa shape index (κ1) is 38.8. The number of hydrogen-bond acceptors (Lipinski definition) is 8. The van der Waals surface area contributed by atoms with Gasteiger partial charge in [0.05, 0.1) is 58.8 Å². The maximum atomic E-state index is 13.6. The zero-order chi connectivity index (χ0) is 40.0. The fraction of sp³-hybridized carbons (Fsp3) is 0.333. The van der Waals surface area contributed by atoms with Crippen molar-refractivity contribution in [2.45, 2.75) is 66.1 Å². The highest BCUT2D eigenvalue weighted by Crippen LogP contribution is 2.26. The lowest BCUT2D eigenvalue weighted by atomic mass is 10.1. The highest BCUT2D eigenvalue weighted by Gasteiger charge is 2.26. The summed E-state index contributed by atoms with van der Waals surface area (Å²) in [4.78, 5) is 60.4. The third-order valence-electron chi connectivity index (χ3n) is 9.38. The molecule has 0 fully saturated rings. The molecule has 0 aliphatic heterocycles. The molecular formula is C36H41BrN12O6. The summed E-state index contributed by atoms with van der Waals surface area (Å²) in [5.41, 5.74) is 15.5. The Morgan fingerprint density at radius 1 is 0.709 bits per heavy atom. The van der Waals surface area contributed by atoms with E-state index in [4.69, 9.17) is 11.5 Å². The molecular weight excluding hydrogens is 776 g/mol. The number of amides is 4. The Morgan fingerprint density at radius 3 is 1.69 bits per heavy atom. The third kappa shape index (κ3) is 7.20. The van der Waals surface area contributed by atoms with Gasteiger partial charge in [-0.25, -0.2) is 0 Å². The van der Waals surface area contributed by atoms with Crippen molar-refractivity contribution in [1.82, 2.24) is 37.8 Å². The number of aryl methyl sites for hydroxylation is 6. The van der Waals surface area contributed by atoms with Crippen LogP contribution in [-0.4, -0.2) is 83.9 Å². The van der Waals surface area contributed by atoms with Crippen molar-refractivity contribution >= 4 is 61.6 Å². The van der Waals surface area contributed by atoms with Crippen LogP contribution in [0, 0.1) is 13.8 Å². The lowest BCUT2D eigenvalue weighted by Crippen LogP contribution is -2.40. The second kappa shape index (κ2) is 15.1. The average molecular weight is 818 g/mol. The number of halogens is 1. The summed E-state index contributed by atoms with van der Waals surface area (Å²) >= 11 is 3.52. The van der Waals surface area contributed by atoms with Gasteiger partial charge in [0, 0.05) is 42.8 Å². The molecule has 0 spiro atoms. The van der Waals surface area contributed by atoms with E-state index in [0.29, 0.717) is 51.0 Å². The minimum absolute atomic E-state index is 0.107. The van der Waals surface area contributed by atoms with E-state index >= 15 is 0 Å². The quantitative estimate of drug-likeness (QED) is 0.148. The van der Waals surface area contributed by atoms with Gasteiger partial charge in [-0.15, -0.1) is 0 Å². The summed E-state index contributed by atoms with van der Waals surface area (Å²) in [7, 11) is 3.30. The summed E-state index contributed by atoms with van der Waals surface area (Å²) in [6.45, 7) is 7.55. The average Bonchev–Trinajstić information content (AvgIpc) is 3.86. The topological polar surface area (TPSA) is 241 Å². The Morgan fingerprint density at radius 2 is 1.18 bits per heavy atom. The normalized spacial score (nSPS) is 13.6. The molecule has 4 amide bonds. The molecule has 0 aliphatic rings. The summed E-state index contributed by atoms with van der Waals surface area (Å²) in [6, 6.07) is 11.0. The first-order valence-corrected chi connectivity index (χ1v) is 18.1. The van der Waals surface area contributed by atoms with Gasteiger partial charge in [-0.2, -0.15) is 20.2 Å². The van der Waals surface area contributed by atoms with Crippen molar-refractivity contribution in [1.29, 1.82) is 0 Å². The van der Waals surface area contributed by atoms with Crippen LogP contribution in [0.4, 0.5) is 0 Å². The predicted octanol–water partition coefficient (Wildman–Crippen LogP) is 1.19. The number of nitrogens with zero attached hydrogens (tertiary/aromatic N) is 10. The van der Waals surface area contributed by atoms with Crippen molar-refractivity contribution in [2.75, 3.05) is 0 Å². The van der Waals surface area contributed by atoms with Crippen molar-refractivity contribution < 1.29 is 29.4 Å². The second-order valence-electron chi connectivity index (χ2n) is 13.1. The monoisotopic (exact) mass is 816 g/mol. The Kier molecular flexibility index (Phi) is 10.6. The molecule has 18 nitrogen and oxygen atoms in total. The summed E-state index contributed by atoms with van der Waals surface area (Å²) in [5.74, 6) is -2.52. The van der Waals surface area contributed by atoms with Crippen LogP contribution >= 0.6 is 15.9 Å². The molecule has 0 aliphatic carbocycles. The number of rotatable bonds is 11. The second-order valence-corrected chi connectivity index (χ2v) is 14.0. The van der Waals surface area contributed by atoms with Gasteiger partial charge in [-0.1, -0.05) is 0 Å². The minimum atomic E-state index is -1.49. The number of fused-ring (bicyclic) bond motifs is 2. The maximum absolute atomic E-state index is 13.6. The molecule has 288 valence electrons. The van der Waals surface area contributed by atoms with E-state index in [1.54, 1.807) is 76.5 Å². The first-order chi connectivity index (χ1) is 26.0. The van der Waals surface area contributed by atoms with Gasteiger partial charge >= 0.3 is 0 Å².